The number of nitrogens with one attached hydrogen (secondary N) is 1. The number of likely N-dealkylation sites (tertiary alicyclic amines) is 1. The van der Waals surface area contributed by atoms with E-state index in [-0.39, 0.29) is 5.91 Å². The molecular weight excluding hydrogens is 376 g/mol. The Bertz CT molecular complexity index is 837. The molecule has 2 aromatic rings. The molecule has 1 saturated heterocycles. The van der Waals surface area contributed by atoms with Crippen molar-refractivity contribution in [1.29, 1.82) is 0 Å². The number of benzene rings is 2. The first-order valence-electron chi connectivity index (χ1n) is 11.0. The van der Waals surface area contributed by atoms with E-state index in [1.165, 1.54) is 11.1 Å². The Balaban J connectivity index is 1.54. The first-order valence-corrected chi connectivity index (χ1v) is 11.0. The molecule has 162 valence electrons. The van der Waals surface area contributed by atoms with Crippen molar-refractivity contribution in [1.82, 2.24) is 10.2 Å². The van der Waals surface area contributed by atoms with Gasteiger partial charge in [-0.1, -0.05) is 37.3 Å². The van der Waals surface area contributed by atoms with Gasteiger partial charge >= 0.3 is 0 Å². The molecule has 1 aliphatic heterocycles. The van der Waals surface area contributed by atoms with Gasteiger partial charge in [0.15, 0.2) is 0 Å². The molecular formula is C25H34N2O3. The Kier molecular flexibility index (Phi) is 8.14. The van der Waals surface area contributed by atoms with E-state index in [0.29, 0.717) is 25.6 Å². The van der Waals surface area contributed by atoms with Crippen LogP contribution < -0.4 is 14.8 Å². The van der Waals surface area contributed by atoms with Crippen molar-refractivity contribution in [3.63, 3.8) is 0 Å². The van der Waals surface area contributed by atoms with Gasteiger partial charge in [0, 0.05) is 37.2 Å². The summed E-state index contributed by atoms with van der Waals surface area (Å²) in [6, 6.07) is 14.6. The highest BCUT2D eigenvalue weighted by Gasteiger charge is 2.24. The molecule has 0 aliphatic carbocycles. The summed E-state index contributed by atoms with van der Waals surface area (Å²) in [7, 11) is 1.64. The molecule has 0 aromatic heterocycles. The van der Waals surface area contributed by atoms with Crippen LogP contribution in [0.25, 0.3) is 0 Å². The van der Waals surface area contributed by atoms with Gasteiger partial charge in [-0.05, 0) is 43.4 Å². The van der Waals surface area contributed by atoms with Crippen LogP contribution in [0.5, 0.6) is 11.5 Å². The summed E-state index contributed by atoms with van der Waals surface area (Å²) < 4.78 is 11.0. The van der Waals surface area contributed by atoms with Gasteiger partial charge < -0.3 is 19.7 Å². The maximum absolute atomic E-state index is 12.8. The van der Waals surface area contributed by atoms with E-state index >= 15 is 0 Å². The molecule has 5 heteroatoms. The lowest BCUT2D eigenvalue weighted by Crippen LogP contribution is -2.43. The van der Waals surface area contributed by atoms with Crippen LogP contribution in [0, 0.1) is 0 Å². The zero-order valence-corrected chi connectivity index (χ0v) is 18.4. The molecule has 1 aliphatic rings. The predicted molar refractivity (Wildman–Crippen MR) is 120 cm³/mol. The van der Waals surface area contributed by atoms with E-state index in [2.05, 4.69) is 36.5 Å². The lowest BCUT2D eigenvalue weighted by atomic mass is 9.89. The van der Waals surface area contributed by atoms with Gasteiger partial charge in [0.05, 0.1) is 20.3 Å². The fraction of sp³-hybridized carbons (Fsp3) is 0.480. The average Bonchev–Trinajstić information content (AvgIpc) is 2.80. The number of aryl methyl sites for hydroxylation is 1. The van der Waals surface area contributed by atoms with Crippen LogP contribution in [0.1, 0.15) is 49.3 Å². The maximum atomic E-state index is 12.8. The first-order chi connectivity index (χ1) is 14.6. The number of nitrogens with zero attached hydrogens (tertiary/aromatic N) is 1. The van der Waals surface area contributed by atoms with E-state index in [4.69, 9.17) is 9.47 Å². The van der Waals surface area contributed by atoms with Crippen LogP contribution >= 0.6 is 0 Å². The lowest BCUT2D eigenvalue weighted by molar-refractivity contribution is -0.131. The summed E-state index contributed by atoms with van der Waals surface area (Å²) in [5.41, 5.74) is 3.75. The molecule has 0 radical (unpaired) electrons. The molecule has 3 rings (SSSR count). The third-order valence-electron chi connectivity index (χ3n) is 5.77. The Labute approximate surface area is 180 Å². The van der Waals surface area contributed by atoms with Gasteiger partial charge in [-0.15, -0.1) is 0 Å². The molecule has 1 N–H and O–H groups in total. The van der Waals surface area contributed by atoms with Gasteiger partial charge in [0.25, 0.3) is 0 Å². The van der Waals surface area contributed by atoms with Crippen LogP contribution in [0.3, 0.4) is 0 Å². The Morgan fingerprint density at radius 3 is 2.83 bits per heavy atom. The highest BCUT2D eigenvalue weighted by atomic mass is 16.5. The summed E-state index contributed by atoms with van der Waals surface area (Å²) >= 11 is 0. The van der Waals surface area contributed by atoms with Crippen molar-refractivity contribution in [2.75, 3.05) is 33.4 Å². The highest BCUT2D eigenvalue weighted by Crippen LogP contribution is 2.28. The molecule has 2 aromatic carbocycles. The Morgan fingerprint density at radius 1 is 1.20 bits per heavy atom. The molecule has 0 saturated carbocycles. The predicted octanol–water partition coefficient (Wildman–Crippen LogP) is 4.15. The van der Waals surface area contributed by atoms with Crippen molar-refractivity contribution < 1.29 is 14.3 Å². The summed E-state index contributed by atoms with van der Waals surface area (Å²) in [4.78, 5) is 14.8. The highest BCUT2D eigenvalue weighted by molar-refractivity contribution is 5.78. The second kappa shape index (κ2) is 11.0. The fourth-order valence-electron chi connectivity index (χ4n) is 4.06. The van der Waals surface area contributed by atoms with E-state index in [9.17, 15) is 4.79 Å². The van der Waals surface area contributed by atoms with E-state index in [1.807, 2.05) is 30.0 Å². The molecule has 1 unspecified atom stereocenters. The maximum Gasteiger partial charge on any atom is 0.236 e. The second-order valence-corrected chi connectivity index (χ2v) is 7.79. The minimum atomic E-state index is 0.165. The monoisotopic (exact) mass is 410 g/mol. The van der Waals surface area contributed by atoms with Crippen LogP contribution in [-0.2, 0) is 17.8 Å². The Morgan fingerprint density at radius 2 is 2.07 bits per heavy atom. The topological polar surface area (TPSA) is 50.8 Å². The van der Waals surface area contributed by atoms with Crippen molar-refractivity contribution in [2.45, 2.75) is 45.6 Å². The number of carbonyl (C=O) groups is 1. The quantitative estimate of drug-likeness (QED) is 0.675. The van der Waals surface area contributed by atoms with E-state index in [0.717, 1.165) is 49.4 Å². The van der Waals surface area contributed by atoms with Crippen LogP contribution in [0.15, 0.2) is 42.5 Å². The lowest BCUT2D eigenvalue weighted by Gasteiger charge is -2.33. The number of methoxy groups -OCH3 is 1. The standard InChI is InChI=1S/C25H34N2O3/c1-4-19-8-6-9-20(14-19)22-10-7-13-27(18-22)25(28)17-26-16-21-11-12-23(29-3)15-24(21)30-5-2/h6,8-9,11-12,14-15,22,26H,4-5,7,10,13,16-18H2,1-3H3. The van der Waals surface area contributed by atoms with Crippen molar-refractivity contribution in [2.24, 2.45) is 0 Å². The fourth-order valence-corrected chi connectivity index (χ4v) is 4.06. The van der Waals surface area contributed by atoms with Crippen molar-refractivity contribution in [3.05, 3.63) is 59.2 Å². The molecule has 1 fully saturated rings. The normalized spacial score (nSPS) is 16.4. The molecule has 0 spiro atoms. The SMILES string of the molecule is CCOc1cc(OC)ccc1CNCC(=O)N1CCCC(c2cccc(CC)c2)C1. The van der Waals surface area contributed by atoms with Crippen LogP contribution in [0.4, 0.5) is 0 Å². The largest absolute Gasteiger partial charge is 0.497 e. The third-order valence-corrected chi connectivity index (χ3v) is 5.77. The summed E-state index contributed by atoms with van der Waals surface area (Å²) in [6.45, 7) is 7.30. The zero-order chi connectivity index (χ0) is 21.3. The summed E-state index contributed by atoms with van der Waals surface area (Å²) in [5, 5.41) is 3.30. The smallest absolute Gasteiger partial charge is 0.236 e. The molecule has 1 atom stereocenters. The van der Waals surface area contributed by atoms with E-state index < -0.39 is 0 Å². The van der Waals surface area contributed by atoms with Gasteiger partial charge in [-0.25, -0.2) is 0 Å². The molecule has 1 amide bonds. The molecule has 0 bridgehead atoms. The third kappa shape index (κ3) is 5.76. The first kappa shape index (κ1) is 22.2. The number of hydrogen-bond donors (Lipinski definition) is 1. The van der Waals surface area contributed by atoms with Gasteiger partial charge in [0.2, 0.25) is 5.91 Å². The summed E-state index contributed by atoms with van der Waals surface area (Å²) in [5.74, 6) is 2.16. The van der Waals surface area contributed by atoms with Crippen LogP contribution in [-0.4, -0.2) is 44.2 Å². The van der Waals surface area contributed by atoms with Gasteiger partial charge in [0.1, 0.15) is 11.5 Å². The van der Waals surface area contributed by atoms with E-state index in [1.54, 1.807) is 7.11 Å². The number of carbonyl (C=O) groups excluding carboxylic acids is 1. The van der Waals surface area contributed by atoms with Crippen molar-refractivity contribution in [3.8, 4) is 11.5 Å². The minimum absolute atomic E-state index is 0.165. The number of ether oxygens (including phenoxy) is 2. The summed E-state index contributed by atoms with van der Waals surface area (Å²) in [6.07, 6.45) is 3.25. The zero-order valence-electron chi connectivity index (χ0n) is 18.4. The number of rotatable bonds is 9. The van der Waals surface area contributed by atoms with Gasteiger partial charge in [-0.2, -0.15) is 0 Å². The molecule has 5 nitrogen and oxygen atoms in total. The molecule has 30 heavy (non-hydrogen) atoms. The number of amides is 1. The minimum Gasteiger partial charge on any atom is -0.497 e. The number of hydrogen-bond acceptors (Lipinski definition) is 4. The Hall–Kier alpha value is -2.53. The second-order valence-electron chi connectivity index (χ2n) is 7.79. The number of piperidine rings is 1. The van der Waals surface area contributed by atoms with Crippen LogP contribution in [0.2, 0.25) is 0 Å². The molecule has 1 heterocycles. The average molecular weight is 411 g/mol. The van der Waals surface area contributed by atoms with Crippen molar-refractivity contribution >= 4 is 5.91 Å². The van der Waals surface area contributed by atoms with Gasteiger partial charge in [-0.3, -0.25) is 4.79 Å².